The Balaban J connectivity index is 2.27. The van der Waals surface area contributed by atoms with E-state index in [0.717, 1.165) is 19.3 Å². The first-order chi connectivity index (χ1) is 9.80. The molecule has 0 fully saturated rings. The van der Waals surface area contributed by atoms with Crippen LogP contribution in [0.5, 0.6) is 0 Å². The van der Waals surface area contributed by atoms with Gasteiger partial charge in [-0.15, -0.1) is 0 Å². The largest absolute Gasteiger partial charge is 0.344 e. The van der Waals surface area contributed by atoms with Crippen molar-refractivity contribution in [1.29, 1.82) is 0 Å². The third-order valence-electron chi connectivity index (χ3n) is 4.77. The summed E-state index contributed by atoms with van der Waals surface area (Å²) in [5.41, 5.74) is 7.90. The lowest BCUT2D eigenvalue weighted by Gasteiger charge is -2.39. The second-order valence-corrected chi connectivity index (χ2v) is 7.37. The third kappa shape index (κ3) is 3.13. The topological polar surface area (TPSA) is 46.3 Å². The number of hydrogen-bond acceptors (Lipinski definition) is 2. The highest BCUT2D eigenvalue weighted by Crippen LogP contribution is 2.38. The van der Waals surface area contributed by atoms with Crippen molar-refractivity contribution in [3.05, 3.63) is 35.4 Å². The molecule has 116 valence electrons. The fraction of sp³-hybridized carbons (Fsp3) is 0.611. The molecule has 0 spiro atoms. The number of carbonyl (C=O) groups excluding carboxylic acids is 1. The molecule has 1 amide bonds. The van der Waals surface area contributed by atoms with Gasteiger partial charge in [0.15, 0.2) is 0 Å². The molecule has 0 aromatic heterocycles. The maximum atomic E-state index is 13.1. The van der Waals surface area contributed by atoms with Gasteiger partial charge in [0.1, 0.15) is 0 Å². The minimum atomic E-state index is -0.395. The molecule has 2 rings (SSSR count). The van der Waals surface area contributed by atoms with Crippen LogP contribution in [0, 0.1) is 5.41 Å². The van der Waals surface area contributed by atoms with Crippen molar-refractivity contribution in [3.63, 3.8) is 0 Å². The molecular weight excluding hydrogens is 260 g/mol. The van der Waals surface area contributed by atoms with E-state index in [1.165, 1.54) is 11.1 Å². The highest BCUT2D eigenvalue weighted by molar-refractivity contribution is 5.88. The van der Waals surface area contributed by atoms with E-state index in [2.05, 4.69) is 39.0 Å². The molecule has 0 aliphatic heterocycles. The van der Waals surface area contributed by atoms with E-state index in [9.17, 15) is 4.79 Å². The second kappa shape index (κ2) is 5.80. The molecule has 2 N–H and O–H groups in total. The maximum Gasteiger partial charge on any atom is 0.232 e. The van der Waals surface area contributed by atoms with Crippen LogP contribution in [-0.2, 0) is 16.6 Å². The Hall–Kier alpha value is -1.35. The van der Waals surface area contributed by atoms with Crippen LogP contribution in [0.2, 0.25) is 0 Å². The summed E-state index contributed by atoms with van der Waals surface area (Å²) in [4.78, 5) is 14.9. The van der Waals surface area contributed by atoms with Gasteiger partial charge in [-0.25, -0.2) is 0 Å². The molecule has 1 aromatic rings. The molecule has 1 atom stereocenters. The van der Waals surface area contributed by atoms with Gasteiger partial charge in [0.2, 0.25) is 5.91 Å². The summed E-state index contributed by atoms with van der Waals surface area (Å²) in [6.07, 6.45) is 3.08. The third-order valence-corrected chi connectivity index (χ3v) is 4.77. The molecule has 3 heteroatoms. The van der Waals surface area contributed by atoms with Gasteiger partial charge in [-0.05, 0) is 49.3 Å². The summed E-state index contributed by atoms with van der Waals surface area (Å²) in [6.45, 7) is 7.58. The van der Waals surface area contributed by atoms with E-state index < -0.39 is 5.41 Å². The molecule has 1 unspecified atom stereocenters. The van der Waals surface area contributed by atoms with Crippen molar-refractivity contribution in [2.45, 2.75) is 45.4 Å². The molecule has 0 saturated carbocycles. The Kier molecular flexibility index (Phi) is 4.43. The van der Waals surface area contributed by atoms with Crippen LogP contribution in [0.15, 0.2) is 24.3 Å². The maximum absolute atomic E-state index is 13.1. The van der Waals surface area contributed by atoms with Gasteiger partial charge in [-0.3, -0.25) is 4.79 Å². The monoisotopic (exact) mass is 288 g/mol. The number of rotatable bonds is 4. The molecule has 0 heterocycles. The van der Waals surface area contributed by atoms with Gasteiger partial charge in [-0.2, -0.15) is 0 Å². The minimum Gasteiger partial charge on any atom is -0.344 e. The quantitative estimate of drug-likeness (QED) is 0.926. The van der Waals surface area contributed by atoms with Gasteiger partial charge in [0.25, 0.3) is 0 Å². The molecule has 1 aliphatic carbocycles. The highest BCUT2D eigenvalue weighted by Gasteiger charge is 2.41. The van der Waals surface area contributed by atoms with Crippen LogP contribution >= 0.6 is 0 Å². The number of carbonyl (C=O) groups is 1. The number of aryl methyl sites for hydroxylation is 1. The number of benzene rings is 1. The molecule has 3 nitrogen and oxygen atoms in total. The highest BCUT2D eigenvalue weighted by atomic mass is 16.2. The van der Waals surface area contributed by atoms with Crippen LogP contribution in [0.3, 0.4) is 0 Å². The zero-order chi connectivity index (χ0) is 15.7. The molecule has 1 aliphatic rings. The molecule has 0 saturated heterocycles. The predicted octanol–water partition coefficient (Wildman–Crippen LogP) is 2.72. The van der Waals surface area contributed by atoms with Gasteiger partial charge < -0.3 is 10.6 Å². The van der Waals surface area contributed by atoms with Crippen LogP contribution in [0.4, 0.5) is 0 Å². The second-order valence-electron chi connectivity index (χ2n) is 7.37. The van der Waals surface area contributed by atoms with E-state index in [1.807, 2.05) is 18.0 Å². The van der Waals surface area contributed by atoms with Gasteiger partial charge in [0.05, 0.1) is 5.41 Å². The van der Waals surface area contributed by atoms with Gasteiger partial charge in [0, 0.05) is 13.6 Å². The number of fused-ring (bicyclic) bond motifs is 1. The number of amides is 1. The molecule has 21 heavy (non-hydrogen) atoms. The summed E-state index contributed by atoms with van der Waals surface area (Å²) in [6, 6.07) is 8.38. The molecular formula is C18H28N2O. The first kappa shape index (κ1) is 16.0. The van der Waals surface area contributed by atoms with E-state index >= 15 is 0 Å². The van der Waals surface area contributed by atoms with Crippen LogP contribution in [0.25, 0.3) is 0 Å². The summed E-state index contributed by atoms with van der Waals surface area (Å²) >= 11 is 0. The first-order valence-electron chi connectivity index (χ1n) is 7.84. The van der Waals surface area contributed by atoms with E-state index in [4.69, 9.17) is 5.73 Å². The number of hydrogen-bond donors (Lipinski definition) is 1. The van der Waals surface area contributed by atoms with Crippen LogP contribution < -0.4 is 5.73 Å². The number of likely N-dealkylation sites (N-methyl/N-ethyl adjacent to an activating group) is 1. The SMILES string of the molecule is CN(CC(C)(C)CN)C(=O)C1(C)CCCc2ccccc21. The fourth-order valence-electron chi connectivity index (χ4n) is 3.47. The van der Waals surface area contributed by atoms with E-state index in [0.29, 0.717) is 13.1 Å². The van der Waals surface area contributed by atoms with Crippen molar-refractivity contribution in [1.82, 2.24) is 4.90 Å². The van der Waals surface area contributed by atoms with E-state index in [1.54, 1.807) is 0 Å². The van der Waals surface area contributed by atoms with E-state index in [-0.39, 0.29) is 11.3 Å². The number of nitrogens with two attached hydrogens (primary N) is 1. The summed E-state index contributed by atoms with van der Waals surface area (Å²) < 4.78 is 0. The zero-order valence-electron chi connectivity index (χ0n) is 13.8. The average molecular weight is 288 g/mol. The van der Waals surface area contributed by atoms with Crippen molar-refractivity contribution >= 4 is 5.91 Å². The Morgan fingerprint density at radius 3 is 2.71 bits per heavy atom. The molecule has 1 aromatic carbocycles. The van der Waals surface area contributed by atoms with Crippen LogP contribution in [-0.4, -0.2) is 30.9 Å². The smallest absolute Gasteiger partial charge is 0.232 e. The standard InChI is InChI=1S/C18H28N2O/c1-17(2,12-19)13-20(4)16(21)18(3)11-7-9-14-8-5-6-10-15(14)18/h5-6,8,10H,7,9,11-13,19H2,1-4H3. The fourth-order valence-corrected chi connectivity index (χ4v) is 3.47. The number of nitrogens with zero attached hydrogens (tertiary/aromatic N) is 1. The summed E-state index contributed by atoms with van der Waals surface area (Å²) in [7, 11) is 1.90. The van der Waals surface area contributed by atoms with Crippen molar-refractivity contribution in [3.8, 4) is 0 Å². The van der Waals surface area contributed by atoms with Crippen LogP contribution in [0.1, 0.15) is 44.7 Å². The summed E-state index contributed by atoms with van der Waals surface area (Å²) in [5.74, 6) is 0.219. The Morgan fingerprint density at radius 2 is 2.05 bits per heavy atom. The van der Waals surface area contributed by atoms with Crippen molar-refractivity contribution in [2.75, 3.05) is 20.1 Å². The predicted molar refractivity (Wildman–Crippen MR) is 87.2 cm³/mol. The van der Waals surface area contributed by atoms with Crippen molar-refractivity contribution < 1.29 is 4.79 Å². The lowest BCUT2D eigenvalue weighted by atomic mass is 9.70. The zero-order valence-corrected chi connectivity index (χ0v) is 13.8. The summed E-state index contributed by atoms with van der Waals surface area (Å²) in [5, 5.41) is 0. The van der Waals surface area contributed by atoms with Crippen molar-refractivity contribution in [2.24, 2.45) is 11.1 Å². The van der Waals surface area contributed by atoms with Gasteiger partial charge >= 0.3 is 0 Å². The average Bonchev–Trinajstić information content (AvgIpc) is 2.46. The Morgan fingerprint density at radius 1 is 1.38 bits per heavy atom. The minimum absolute atomic E-state index is 0.0467. The lowest BCUT2D eigenvalue weighted by Crippen LogP contribution is -2.49. The van der Waals surface area contributed by atoms with Gasteiger partial charge in [-0.1, -0.05) is 38.1 Å². The molecule has 0 radical (unpaired) electrons. The first-order valence-corrected chi connectivity index (χ1v) is 7.84. The lowest BCUT2D eigenvalue weighted by molar-refractivity contribution is -0.137. The molecule has 0 bridgehead atoms. The Labute approximate surface area is 128 Å². The normalized spacial score (nSPS) is 21.8. The Bertz CT molecular complexity index is 524.